The van der Waals surface area contributed by atoms with Crippen LogP contribution in [-0.4, -0.2) is 17.3 Å². The van der Waals surface area contributed by atoms with Gasteiger partial charge in [-0.25, -0.2) is 4.39 Å². The van der Waals surface area contributed by atoms with Crippen LogP contribution in [0.5, 0.6) is 0 Å². The number of pyridine rings is 1. The SMILES string of the molecule is CCNC(CSc1ccccc1Br)c1cncc(F)c1. The van der Waals surface area contributed by atoms with Crippen molar-refractivity contribution in [3.63, 3.8) is 0 Å². The van der Waals surface area contributed by atoms with Crippen LogP contribution in [0, 0.1) is 5.82 Å². The van der Waals surface area contributed by atoms with Gasteiger partial charge in [-0.2, -0.15) is 0 Å². The molecule has 20 heavy (non-hydrogen) atoms. The summed E-state index contributed by atoms with van der Waals surface area (Å²) in [6, 6.07) is 9.72. The highest BCUT2D eigenvalue weighted by atomic mass is 79.9. The molecule has 106 valence electrons. The number of nitrogens with zero attached hydrogens (tertiary/aromatic N) is 1. The van der Waals surface area contributed by atoms with E-state index in [2.05, 4.69) is 32.3 Å². The third-order valence-electron chi connectivity index (χ3n) is 2.82. The predicted molar refractivity (Wildman–Crippen MR) is 85.5 cm³/mol. The van der Waals surface area contributed by atoms with E-state index in [1.54, 1.807) is 24.0 Å². The average molecular weight is 355 g/mol. The van der Waals surface area contributed by atoms with Gasteiger partial charge >= 0.3 is 0 Å². The fourth-order valence-electron chi connectivity index (χ4n) is 1.87. The summed E-state index contributed by atoms with van der Waals surface area (Å²) in [5, 5.41) is 3.37. The molecule has 2 rings (SSSR count). The minimum absolute atomic E-state index is 0.0836. The van der Waals surface area contributed by atoms with Gasteiger partial charge in [0.25, 0.3) is 0 Å². The summed E-state index contributed by atoms with van der Waals surface area (Å²) in [5.74, 6) is 0.526. The molecule has 0 aliphatic carbocycles. The molecule has 0 aliphatic heterocycles. The van der Waals surface area contributed by atoms with Crippen molar-refractivity contribution in [1.82, 2.24) is 10.3 Å². The topological polar surface area (TPSA) is 24.9 Å². The van der Waals surface area contributed by atoms with Crippen molar-refractivity contribution in [2.75, 3.05) is 12.3 Å². The molecule has 0 fully saturated rings. The van der Waals surface area contributed by atoms with Gasteiger partial charge in [0.05, 0.1) is 6.20 Å². The van der Waals surface area contributed by atoms with Gasteiger partial charge in [0, 0.05) is 27.4 Å². The Hall–Kier alpha value is -0.910. The number of thioether (sulfide) groups is 1. The molecule has 2 nitrogen and oxygen atoms in total. The average Bonchev–Trinajstić information content (AvgIpc) is 2.45. The zero-order chi connectivity index (χ0) is 14.4. The van der Waals surface area contributed by atoms with Gasteiger partial charge in [-0.05, 0) is 46.2 Å². The van der Waals surface area contributed by atoms with Crippen molar-refractivity contribution >= 4 is 27.7 Å². The monoisotopic (exact) mass is 354 g/mol. The Kier molecular flexibility index (Phi) is 6.01. The van der Waals surface area contributed by atoms with Crippen molar-refractivity contribution in [2.24, 2.45) is 0 Å². The highest BCUT2D eigenvalue weighted by molar-refractivity contribution is 9.10. The molecule has 1 aromatic carbocycles. The Bertz CT molecular complexity index is 565. The first-order chi connectivity index (χ1) is 9.70. The number of hydrogen-bond donors (Lipinski definition) is 1. The molecule has 5 heteroatoms. The second-order valence-electron chi connectivity index (χ2n) is 4.29. The lowest BCUT2D eigenvalue weighted by Crippen LogP contribution is -2.23. The van der Waals surface area contributed by atoms with Crippen LogP contribution >= 0.6 is 27.7 Å². The number of aromatic nitrogens is 1. The molecule has 1 heterocycles. The molecule has 1 aromatic heterocycles. The van der Waals surface area contributed by atoms with E-state index < -0.39 is 0 Å². The largest absolute Gasteiger partial charge is 0.309 e. The molecular weight excluding hydrogens is 339 g/mol. The van der Waals surface area contributed by atoms with E-state index in [1.165, 1.54) is 11.1 Å². The molecule has 0 aliphatic rings. The van der Waals surface area contributed by atoms with Crippen LogP contribution in [0.3, 0.4) is 0 Å². The molecule has 1 unspecified atom stereocenters. The molecular formula is C15H16BrFN2S. The molecule has 0 amide bonds. The molecule has 0 radical (unpaired) electrons. The van der Waals surface area contributed by atoms with E-state index in [0.29, 0.717) is 0 Å². The summed E-state index contributed by atoms with van der Waals surface area (Å²) < 4.78 is 14.4. The second-order valence-corrected chi connectivity index (χ2v) is 6.20. The van der Waals surface area contributed by atoms with Crippen molar-refractivity contribution in [2.45, 2.75) is 17.9 Å². The summed E-state index contributed by atoms with van der Waals surface area (Å²) in [6.07, 6.45) is 2.95. The van der Waals surface area contributed by atoms with Crippen LogP contribution in [0.2, 0.25) is 0 Å². The van der Waals surface area contributed by atoms with Gasteiger partial charge in [0.15, 0.2) is 0 Å². The zero-order valence-corrected chi connectivity index (χ0v) is 13.5. The first kappa shape index (κ1) is 15.5. The third kappa shape index (κ3) is 4.30. The van der Waals surface area contributed by atoms with E-state index in [9.17, 15) is 4.39 Å². The molecule has 0 spiro atoms. The standard InChI is InChI=1S/C15H16BrFN2S/c1-2-19-14(11-7-12(17)9-18-8-11)10-20-15-6-4-3-5-13(15)16/h3-9,14,19H,2,10H2,1H3. The van der Waals surface area contributed by atoms with Gasteiger partial charge in [-0.1, -0.05) is 19.1 Å². The molecule has 0 bridgehead atoms. The number of rotatable bonds is 6. The minimum atomic E-state index is -0.295. The molecule has 1 atom stereocenters. The summed E-state index contributed by atoms with van der Waals surface area (Å²) in [7, 11) is 0. The molecule has 0 saturated heterocycles. The smallest absolute Gasteiger partial charge is 0.141 e. The maximum absolute atomic E-state index is 13.3. The second kappa shape index (κ2) is 7.76. The van der Waals surface area contributed by atoms with Crippen molar-refractivity contribution < 1.29 is 4.39 Å². The number of nitrogens with one attached hydrogen (secondary N) is 1. The summed E-state index contributed by atoms with van der Waals surface area (Å²) in [6.45, 7) is 2.88. The Labute approximate surface area is 131 Å². The Morgan fingerprint density at radius 3 is 2.85 bits per heavy atom. The predicted octanol–water partition coefficient (Wildman–Crippen LogP) is 4.43. The first-order valence-electron chi connectivity index (χ1n) is 6.42. The van der Waals surface area contributed by atoms with Crippen molar-refractivity contribution in [3.05, 3.63) is 58.6 Å². The molecule has 1 N–H and O–H groups in total. The fraction of sp³-hybridized carbons (Fsp3) is 0.267. The van der Waals surface area contributed by atoms with Crippen LogP contribution < -0.4 is 5.32 Å². The highest BCUT2D eigenvalue weighted by Gasteiger charge is 2.13. The Balaban J connectivity index is 2.08. The summed E-state index contributed by atoms with van der Waals surface area (Å²) in [4.78, 5) is 5.11. The van der Waals surface area contributed by atoms with E-state index in [1.807, 2.05) is 25.1 Å². The van der Waals surface area contributed by atoms with Gasteiger partial charge in [0.2, 0.25) is 0 Å². The summed E-state index contributed by atoms with van der Waals surface area (Å²) in [5.41, 5.74) is 0.881. The number of halogens is 2. The van der Waals surface area contributed by atoms with Crippen LogP contribution in [0.25, 0.3) is 0 Å². The first-order valence-corrected chi connectivity index (χ1v) is 8.19. The Morgan fingerprint density at radius 1 is 1.35 bits per heavy atom. The Morgan fingerprint density at radius 2 is 2.15 bits per heavy atom. The van der Waals surface area contributed by atoms with Crippen molar-refractivity contribution in [3.8, 4) is 0 Å². The van der Waals surface area contributed by atoms with Crippen LogP contribution in [0.1, 0.15) is 18.5 Å². The van der Waals surface area contributed by atoms with E-state index in [0.717, 1.165) is 22.3 Å². The molecule has 0 saturated carbocycles. The molecule has 2 aromatic rings. The normalized spacial score (nSPS) is 12.3. The minimum Gasteiger partial charge on any atom is -0.309 e. The fourth-order valence-corrected chi connectivity index (χ4v) is 3.54. The quantitative estimate of drug-likeness (QED) is 0.777. The lowest BCUT2D eigenvalue weighted by atomic mass is 10.1. The maximum atomic E-state index is 13.3. The number of benzene rings is 1. The lowest BCUT2D eigenvalue weighted by molar-refractivity contribution is 0.582. The van der Waals surface area contributed by atoms with Gasteiger partial charge in [0.1, 0.15) is 5.82 Å². The lowest BCUT2D eigenvalue weighted by Gasteiger charge is -2.18. The number of hydrogen-bond acceptors (Lipinski definition) is 3. The van der Waals surface area contributed by atoms with E-state index in [-0.39, 0.29) is 11.9 Å². The van der Waals surface area contributed by atoms with Gasteiger partial charge in [-0.15, -0.1) is 11.8 Å². The van der Waals surface area contributed by atoms with E-state index >= 15 is 0 Å². The van der Waals surface area contributed by atoms with Crippen LogP contribution in [0.15, 0.2) is 52.1 Å². The highest BCUT2D eigenvalue weighted by Crippen LogP contribution is 2.30. The van der Waals surface area contributed by atoms with Gasteiger partial charge < -0.3 is 5.32 Å². The van der Waals surface area contributed by atoms with E-state index in [4.69, 9.17) is 0 Å². The zero-order valence-electron chi connectivity index (χ0n) is 11.1. The summed E-state index contributed by atoms with van der Waals surface area (Å²) >= 11 is 5.28. The van der Waals surface area contributed by atoms with Crippen LogP contribution in [-0.2, 0) is 0 Å². The maximum Gasteiger partial charge on any atom is 0.141 e. The third-order valence-corrected chi connectivity index (χ3v) is 4.94. The van der Waals surface area contributed by atoms with Gasteiger partial charge in [-0.3, -0.25) is 4.98 Å². The van der Waals surface area contributed by atoms with Crippen LogP contribution in [0.4, 0.5) is 4.39 Å². The van der Waals surface area contributed by atoms with Crippen molar-refractivity contribution in [1.29, 1.82) is 0 Å².